The fourth-order valence-corrected chi connectivity index (χ4v) is 3.42. The number of carbonyl (C=O) groups excluding carboxylic acids is 1. The molecule has 0 aliphatic heterocycles. The zero-order valence-electron chi connectivity index (χ0n) is 13.6. The molecule has 3 aromatic rings. The molecule has 9 heteroatoms. The molecule has 0 saturated carbocycles. The third-order valence-electron chi connectivity index (χ3n) is 3.49. The van der Waals surface area contributed by atoms with E-state index in [1.807, 2.05) is 0 Å². The number of anilines is 1. The van der Waals surface area contributed by atoms with Crippen LogP contribution in [0.2, 0.25) is 5.02 Å². The number of hydrogen-bond donors (Lipinski definition) is 2. The number of amides is 1. The molecule has 0 bridgehead atoms. The summed E-state index contributed by atoms with van der Waals surface area (Å²) in [5, 5.41) is 22.2. The molecule has 0 radical (unpaired) electrons. The van der Waals surface area contributed by atoms with Crippen molar-refractivity contribution in [1.82, 2.24) is 14.8 Å². The highest BCUT2D eigenvalue weighted by molar-refractivity contribution is 9.10. The summed E-state index contributed by atoms with van der Waals surface area (Å²) in [6.07, 6.45) is 0. The number of phenols is 1. The Morgan fingerprint density at radius 2 is 2.00 bits per heavy atom. The van der Waals surface area contributed by atoms with Gasteiger partial charge in [-0.05, 0) is 42.5 Å². The molecule has 134 valence electrons. The van der Waals surface area contributed by atoms with Crippen molar-refractivity contribution in [3.05, 3.63) is 52.0 Å². The maximum absolute atomic E-state index is 12.1. The van der Waals surface area contributed by atoms with Gasteiger partial charge in [0.25, 0.3) is 0 Å². The lowest BCUT2D eigenvalue weighted by Crippen LogP contribution is -2.14. The number of aromatic hydroxyl groups is 1. The average Bonchev–Trinajstić information content (AvgIpc) is 2.98. The smallest absolute Gasteiger partial charge is 0.234 e. The van der Waals surface area contributed by atoms with Crippen molar-refractivity contribution >= 4 is 50.9 Å². The van der Waals surface area contributed by atoms with Gasteiger partial charge in [-0.1, -0.05) is 39.3 Å². The summed E-state index contributed by atoms with van der Waals surface area (Å²) >= 11 is 10.5. The van der Waals surface area contributed by atoms with Crippen LogP contribution in [0.3, 0.4) is 0 Å². The monoisotopic (exact) mass is 452 g/mol. The van der Waals surface area contributed by atoms with Crippen LogP contribution in [0.15, 0.2) is 52.1 Å². The minimum Gasteiger partial charge on any atom is -0.507 e. The largest absolute Gasteiger partial charge is 0.507 e. The first kappa shape index (κ1) is 18.8. The van der Waals surface area contributed by atoms with E-state index in [1.165, 1.54) is 11.8 Å². The molecular formula is C17H14BrClN4O2S. The van der Waals surface area contributed by atoms with Crippen molar-refractivity contribution in [3.8, 4) is 17.1 Å². The molecule has 26 heavy (non-hydrogen) atoms. The molecule has 0 spiro atoms. The molecule has 2 N–H and O–H groups in total. The van der Waals surface area contributed by atoms with E-state index in [9.17, 15) is 9.90 Å². The van der Waals surface area contributed by atoms with Gasteiger partial charge in [-0.3, -0.25) is 4.79 Å². The maximum atomic E-state index is 12.1. The molecule has 6 nitrogen and oxygen atoms in total. The molecule has 0 fully saturated rings. The van der Waals surface area contributed by atoms with Crippen molar-refractivity contribution in [2.24, 2.45) is 7.05 Å². The van der Waals surface area contributed by atoms with E-state index in [-0.39, 0.29) is 17.4 Å². The van der Waals surface area contributed by atoms with Crippen molar-refractivity contribution < 1.29 is 9.90 Å². The van der Waals surface area contributed by atoms with Crippen LogP contribution in [0.4, 0.5) is 5.69 Å². The lowest BCUT2D eigenvalue weighted by molar-refractivity contribution is -0.113. The lowest BCUT2D eigenvalue weighted by Gasteiger charge is -2.07. The fourth-order valence-electron chi connectivity index (χ4n) is 2.22. The maximum Gasteiger partial charge on any atom is 0.234 e. The first-order valence-electron chi connectivity index (χ1n) is 7.50. The SMILES string of the molecule is Cn1c(SCC(=O)Nc2ccc(Cl)cc2)nnc1-c1cc(Br)ccc1O. The standard InChI is InChI=1S/C17H14BrClN4O2S/c1-23-16(13-8-10(18)2-7-14(13)24)21-22-17(23)26-9-15(25)20-12-5-3-11(19)4-6-12/h2-8,24H,9H2,1H3,(H,20,25). The van der Waals surface area contributed by atoms with E-state index in [4.69, 9.17) is 11.6 Å². The van der Waals surface area contributed by atoms with E-state index in [0.29, 0.717) is 27.3 Å². The van der Waals surface area contributed by atoms with Gasteiger partial charge in [0.1, 0.15) is 5.75 Å². The van der Waals surface area contributed by atoms with Gasteiger partial charge in [0.15, 0.2) is 11.0 Å². The van der Waals surface area contributed by atoms with Crippen LogP contribution in [0.1, 0.15) is 0 Å². The average molecular weight is 454 g/mol. The van der Waals surface area contributed by atoms with Crippen LogP contribution in [0.5, 0.6) is 5.75 Å². The Hall–Kier alpha value is -2.03. The first-order valence-corrected chi connectivity index (χ1v) is 9.66. The molecule has 1 amide bonds. The van der Waals surface area contributed by atoms with Crippen molar-refractivity contribution in [2.45, 2.75) is 5.16 Å². The van der Waals surface area contributed by atoms with Crippen molar-refractivity contribution in [1.29, 1.82) is 0 Å². The molecule has 1 aromatic heterocycles. The number of phenolic OH excluding ortho intramolecular Hbond substituents is 1. The molecular weight excluding hydrogens is 440 g/mol. The number of thioether (sulfide) groups is 1. The zero-order chi connectivity index (χ0) is 18.7. The van der Waals surface area contributed by atoms with Gasteiger partial charge in [0.05, 0.1) is 11.3 Å². The predicted molar refractivity (Wildman–Crippen MR) is 107 cm³/mol. The minimum absolute atomic E-state index is 0.112. The number of halogens is 2. The van der Waals surface area contributed by atoms with Gasteiger partial charge in [-0.25, -0.2) is 0 Å². The Kier molecular flexibility index (Phi) is 5.85. The Balaban J connectivity index is 1.67. The molecule has 0 aliphatic rings. The molecule has 2 aromatic carbocycles. The quantitative estimate of drug-likeness (QED) is 0.562. The van der Waals surface area contributed by atoms with Gasteiger partial charge in [-0.15, -0.1) is 10.2 Å². The Morgan fingerprint density at radius 3 is 2.73 bits per heavy atom. The number of benzene rings is 2. The first-order chi connectivity index (χ1) is 12.4. The van der Waals surface area contributed by atoms with Crippen LogP contribution >= 0.6 is 39.3 Å². The Bertz CT molecular complexity index is 946. The van der Waals surface area contributed by atoms with Gasteiger partial charge in [0.2, 0.25) is 5.91 Å². The summed E-state index contributed by atoms with van der Waals surface area (Å²) in [6, 6.07) is 12.0. The number of carbonyl (C=O) groups is 1. The fraction of sp³-hybridized carbons (Fsp3) is 0.118. The van der Waals surface area contributed by atoms with E-state index < -0.39 is 0 Å². The second-order valence-electron chi connectivity index (χ2n) is 5.37. The Labute approximate surface area is 167 Å². The lowest BCUT2D eigenvalue weighted by atomic mass is 10.2. The molecule has 3 rings (SSSR count). The zero-order valence-corrected chi connectivity index (χ0v) is 16.8. The highest BCUT2D eigenvalue weighted by atomic mass is 79.9. The topological polar surface area (TPSA) is 80.0 Å². The second kappa shape index (κ2) is 8.11. The van der Waals surface area contributed by atoms with E-state index in [0.717, 1.165) is 4.47 Å². The van der Waals surface area contributed by atoms with Crippen LogP contribution < -0.4 is 5.32 Å². The second-order valence-corrected chi connectivity index (χ2v) is 7.67. The highest BCUT2D eigenvalue weighted by Gasteiger charge is 2.16. The number of aromatic nitrogens is 3. The van der Waals surface area contributed by atoms with Crippen molar-refractivity contribution in [3.63, 3.8) is 0 Å². The molecule has 0 atom stereocenters. The molecule has 1 heterocycles. The van der Waals surface area contributed by atoms with Gasteiger partial charge >= 0.3 is 0 Å². The highest BCUT2D eigenvalue weighted by Crippen LogP contribution is 2.32. The minimum atomic E-state index is -0.160. The van der Waals surface area contributed by atoms with E-state index >= 15 is 0 Å². The number of nitrogens with one attached hydrogen (secondary N) is 1. The van der Waals surface area contributed by atoms with Gasteiger partial charge in [-0.2, -0.15) is 0 Å². The van der Waals surface area contributed by atoms with Gasteiger partial charge < -0.3 is 15.0 Å². The summed E-state index contributed by atoms with van der Waals surface area (Å²) in [7, 11) is 1.79. The summed E-state index contributed by atoms with van der Waals surface area (Å²) in [5.74, 6) is 0.649. The van der Waals surface area contributed by atoms with Gasteiger partial charge in [0, 0.05) is 22.2 Å². The molecule has 0 saturated heterocycles. The third kappa shape index (κ3) is 4.38. The summed E-state index contributed by atoms with van der Waals surface area (Å²) in [5.41, 5.74) is 1.24. The summed E-state index contributed by atoms with van der Waals surface area (Å²) in [6.45, 7) is 0. The normalized spacial score (nSPS) is 10.7. The Morgan fingerprint density at radius 1 is 1.27 bits per heavy atom. The van der Waals surface area contributed by atoms with Crippen LogP contribution in [-0.4, -0.2) is 31.5 Å². The predicted octanol–water partition coefficient (Wildman–Crippen LogP) is 4.33. The number of rotatable bonds is 5. The van der Waals surface area contributed by atoms with Crippen LogP contribution in [0, 0.1) is 0 Å². The number of nitrogens with zero attached hydrogens (tertiary/aromatic N) is 3. The van der Waals surface area contributed by atoms with E-state index in [2.05, 4.69) is 31.4 Å². The van der Waals surface area contributed by atoms with E-state index in [1.54, 1.807) is 54.1 Å². The molecule has 0 aliphatic carbocycles. The van der Waals surface area contributed by atoms with Crippen molar-refractivity contribution in [2.75, 3.05) is 11.1 Å². The van der Waals surface area contributed by atoms with Crippen LogP contribution in [0.25, 0.3) is 11.4 Å². The number of hydrogen-bond acceptors (Lipinski definition) is 5. The molecule has 0 unspecified atom stereocenters. The summed E-state index contributed by atoms with van der Waals surface area (Å²) < 4.78 is 2.56. The van der Waals surface area contributed by atoms with Crippen LogP contribution in [-0.2, 0) is 11.8 Å². The third-order valence-corrected chi connectivity index (χ3v) is 5.26. The summed E-state index contributed by atoms with van der Waals surface area (Å²) in [4.78, 5) is 12.1.